The molecular weight excluding hydrogens is 416 g/mol. The minimum Gasteiger partial charge on any atom is -1.00 e. The molecule has 2 aromatic rings. The van der Waals surface area contributed by atoms with Gasteiger partial charge < -0.3 is 29.8 Å². The van der Waals surface area contributed by atoms with Crippen LogP contribution in [0.4, 0.5) is 5.69 Å². The van der Waals surface area contributed by atoms with Crippen LogP contribution < -0.4 is 24.8 Å². The summed E-state index contributed by atoms with van der Waals surface area (Å²) in [6, 6.07) is 17.6. The van der Waals surface area contributed by atoms with Crippen molar-refractivity contribution in [1.82, 2.24) is 0 Å². The largest absolute Gasteiger partial charge is 4.00 e. The molecule has 0 atom stereocenters. The molecule has 0 saturated heterocycles. The third-order valence-electron chi connectivity index (χ3n) is 3.69. The Labute approximate surface area is 174 Å². The first-order valence-electron chi connectivity index (χ1n) is 7.06. The SMILES string of the molecule is [C-]1=CC=CC1.[Cl-].[Cl-].[Zr+4].[c-]1cccc2c1C1=Cc3ccccc3C1=N2. The predicted octanol–water partition coefficient (Wildman–Crippen LogP) is -1.21. The standard InChI is InChI=1S/C15H8N.C5H5.2ClH.Zr/c1-2-6-11-10(5-1)9-13-12-7-3-4-8-14(12)16-15(11)13;1-2-4-5-3-1;;;/h1-6,8-9H;1-3H,4H2;2*1H;/q2*-1;;;+4/p-2. The van der Waals surface area contributed by atoms with Gasteiger partial charge in [0, 0.05) is 5.71 Å². The average Bonchev–Trinajstić information content (AvgIpc) is 3.25. The molecule has 1 nitrogen and oxygen atoms in total. The topological polar surface area (TPSA) is 12.4 Å². The zero-order chi connectivity index (χ0) is 14.1. The van der Waals surface area contributed by atoms with E-state index in [9.17, 15) is 0 Å². The Hall–Kier alpha value is -1.21. The molecule has 0 radical (unpaired) electrons. The molecule has 5 rings (SSSR count). The minimum atomic E-state index is 0. The summed E-state index contributed by atoms with van der Waals surface area (Å²) in [5, 5.41) is 0. The van der Waals surface area contributed by atoms with Crippen LogP contribution in [0.25, 0.3) is 11.6 Å². The molecule has 0 amide bonds. The van der Waals surface area contributed by atoms with E-state index in [1.165, 1.54) is 16.7 Å². The minimum absolute atomic E-state index is 0. The van der Waals surface area contributed by atoms with Crippen LogP contribution in [0.1, 0.15) is 23.1 Å². The maximum atomic E-state index is 4.67. The van der Waals surface area contributed by atoms with Gasteiger partial charge in [-0.1, -0.05) is 35.9 Å². The molecule has 0 fully saturated rings. The first-order valence-corrected chi connectivity index (χ1v) is 7.06. The molecule has 0 N–H and O–H groups in total. The molecular formula is C20H13Cl2NZr. The van der Waals surface area contributed by atoms with Crippen LogP contribution in [0.2, 0.25) is 0 Å². The fourth-order valence-electron chi connectivity index (χ4n) is 2.72. The van der Waals surface area contributed by atoms with E-state index in [1.54, 1.807) is 0 Å². The van der Waals surface area contributed by atoms with Gasteiger partial charge in [0.25, 0.3) is 0 Å². The summed E-state index contributed by atoms with van der Waals surface area (Å²) >= 11 is 0. The van der Waals surface area contributed by atoms with Gasteiger partial charge in [-0.3, -0.25) is 6.08 Å². The molecule has 2 aliphatic carbocycles. The van der Waals surface area contributed by atoms with E-state index in [-0.39, 0.29) is 51.0 Å². The van der Waals surface area contributed by atoms with Crippen molar-refractivity contribution in [2.24, 2.45) is 4.99 Å². The van der Waals surface area contributed by atoms with Crippen LogP contribution in [0.15, 0.2) is 65.7 Å². The van der Waals surface area contributed by atoms with E-state index in [0.717, 1.165) is 23.4 Å². The van der Waals surface area contributed by atoms with Gasteiger partial charge in [0.05, 0.1) is 0 Å². The molecule has 24 heavy (non-hydrogen) atoms. The molecule has 116 valence electrons. The van der Waals surface area contributed by atoms with Crippen LogP contribution in [-0.2, 0) is 26.2 Å². The first kappa shape index (κ1) is 20.8. The summed E-state index contributed by atoms with van der Waals surface area (Å²) in [5.74, 6) is 0. The number of benzene rings is 2. The average molecular weight is 429 g/mol. The molecule has 3 aliphatic rings. The molecule has 1 heterocycles. The number of fused-ring (bicyclic) bond motifs is 5. The van der Waals surface area contributed by atoms with E-state index in [1.807, 2.05) is 30.4 Å². The van der Waals surface area contributed by atoms with Crippen LogP contribution in [0.5, 0.6) is 0 Å². The third kappa shape index (κ3) is 3.88. The second-order valence-corrected chi connectivity index (χ2v) is 5.04. The summed E-state index contributed by atoms with van der Waals surface area (Å²) < 4.78 is 0. The van der Waals surface area contributed by atoms with E-state index < -0.39 is 0 Å². The maximum Gasteiger partial charge on any atom is 4.00 e. The van der Waals surface area contributed by atoms with E-state index in [0.29, 0.717) is 0 Å². The Bertz CT molecular complexity index is 766. The Morgan fingerprint density at radius 3 is 2.54 bits per heavy atom. The van der Waals surface area contributed by atoms with Gasteiger partial charge in [0.1, 0.15) is 0 Å². The van der Waals surface area contributed by atoms with Gasteiger partial charge in [-0.25, -0.2) is 12.2 Å². The zero-order valence-corrected chi connectivity index (χ0v) is 16.7. The number of aliphatic imine (C=N–C) groups is 1. The Morgan fingerprint density at radius 2 is 1.83 bits per heavy atom. The quantitative estimate of drug-likeness (QED) is 0.466. The van der Waals surface area contributed by atoms with Gasteiger partial charge in [0.2, 0.25) is 0 Å². The fourth-order valence-corrected chi connectivity index (χ4v) is 2.72. The van der Waals surface area contributed by atoms with Crippen molar-refractivity contribution in [3.05, 3.63) is 89.5 Å². The molecule has 0 spiro atoms. The van der Waals surface area contributed by atoms with Gasteiger partial charge in [0.15, 0.2) is 0 Å². The number of halogens is 2. The van der Waals surface area contributed by atoms with Crippen molar-refractivity contribution in [2.75, 3.05) is 0 Å². The Morgan fingerprint density at radius 1 is 1.00 bits per heavy atom. The van der Waals surface area contributed by atoms with Crippen LogP contribution in [-0.4, -0.2) is 5.71 Å². The summed E-state index contributed by atoms with van der Waals surface area (Å²) in [4.78, 5) is 4.67. The molecule has 0 unspecified atom stereocenters. The Balaban J connectivity index is 0.000000317. The van der Waals surface area contributed by atoms with Crippen LogP contribution in [0.3, 0.4) is 0 Å². The summed E-state index contributed by atoms with van der Waals surface area (Å²) in [6.07, 6.45) is 12.2. The zero-order valence-electron chi connectivity index (χ0n) is 12.8. The number of nitrogens with zero attached hydrogens (tertiary/aromatic N) is 1. The van der Waals surface area contributed by atoms with Gasteiger partial charge >= 0.3 is 26.2 Å². The molecule has 0 bridgehead atoms. The molecule has 0 aromatic heterocycles. The van der Waals surface area contributed by atoms with Crippen molar-refractivity contribution in [3.63, 3.8) is 0 Å². The van der Waals surface area contributed by atoms with Gasteiger partial charge in [-0.2, -0.15) is 6.08 Å². The summed E-state index contributed by atoms with van der Waals surface area (Å²) in [7, 11) is 0. The van der Waals surface area contributed by atoms with Crippen LogP contribution >= 0.6 is 0 Å². The molecule has 2 aromatic carbocycles. The van der Waals surface area contributed by atoms with E-state index >= 15 is 0 Å². The number of hydrogen-bond acceptors (Lipinski definition) is 1. The van der Waals surface area contributed by atoms with Crippen LogP contribution in [0, 0.1) is 12.1 Å². The number of hydrogen-bond donors (Lipinski definition) is 0. The van der Waals surface area contributed by atoms with E-state index in [4.69, 9.17) is 0 Å². The fraction of sp³-hybridized carbons (Fsp3) is 0.0500. The van der Waals surface area contributed by atoms with Gasteiger partial charge in [-0.15, -0.1) is 36.2 Å². The normalized spacial score (nSPS) is 13.7. The molecule has 1 aliphatic heterocycles. The van der Waals surface area contributed by atoms with Gasteiger partial charge in [-0.05, 0) is 16.8 Å². The number of rotatable bonds is 0. The summed E-state index contributed by atoms with van der Waals surface area (Å²) in [6.45, 7) is 0. The van der Waals surface area contributed by atoms with Crippen molar-refractivity contribution in [3.8, 4) is 0 Å². The maximum absolute atomic E-state index is 4.67. The van der Waals surface area contributed by atoms with Crippen molar-refractivity contribution in [1.29, 1.82) is 0 Å². The predicted molar refractivity (Wildman–Crippen MR) is 87.4 cm³/mol. The van der Waals surface area contributed by atoms with Crippen molar-refractivity contribution in [2.45, 2.75) is 6.42 Å². The molecule has 0 saturated carbocycles. The summed E-state index contributed by atoms with van der Waals surface area (Å²) in [5.41, 5.74) is 7.00. The number of allylic oxidation sites excluding steroid dienone is 5. The smallest absolute Gasteiger partial charge is 1.00 e. The second-order valence-electron chi connectivity index (χ2n) is 5.04. The monoisotopic (exact) mass is 427 g/mol. The van der Waals surface area contributed by atoms with E-state index in [2.05, 4.69) is 53.6 Å². The first-order chi connectivity index (χ1) is 10.4. The van der Waals surface area contributed by atoms with Crippen molar-refractivity contribution < 1.29 is 51.0 Å². The van der Waals surface area contributed by atoms with Crippen molar-refractivity contribution >= 4 is 23.0 Å². The third-order valence-corrected chi connectivity index (χ3v) is 3.69. The second kappa shape index (κ2) is 9.32. The Kier molecular flexibility index (Phi) is 8.09. The molecule has 4 heteroatoms.